The summed E-state index contributed by atoms with van der Waals surface area (Å²) in [7, 11) is -2.98. The zero-order valence-electron chi connectivity index (χ0n) is 14.7. The Morgan fingerprint density at radius 2 is 1.92 bits per heavy atom. The molecule has 138 valence electrons. The zero-order valence-corrected chi connectivity index (χ0v) is 15.5. The second kappa shape index (κ2) is 6.91. The minimum atomic E-state index is -2.98. The Labute approximate surface area is 154 Å². The van der Waals surface area contributed by atoms with Gasteiger partial charge in [0.05, 0.1) is 11.5 Å². The van der Waals surface area contributed by atoms with Crippen molar-refractivity contribution in [3.05, 3.63) is 48.0 Å². The molecule has 0 radical (unpaired) electrons. The van der Waals surface area contributed by atoms with Gasteiger partial charge in [0.1, 0.15) is 0 Å². The number of fused-ring (bicyclic) bond motifs is 1. The third-order valence-electron chi connectivity index (χ3n) is 5.53. The van der Waals surface area contributed by atoms with Crippen LogP contribution in [0.1, 0.15) is 24.8 Å². The summed E-state index contributed by atoms with van der Waals surface area (Å²) in [4.78, 5) is 14.6. The molecule has 6 heteroatoms. The van der Waals surface area contributed by atoms with E-state index < -0.39 is 9.84 Å². The lowest BCUT2D eigenvalue weighted by Gasteiger charge is -2.27. The summed E-state index contributed by atoms with van der Waals surface area (Å²) in [5.74, 6) is 0.248. The minimum absolute atomic E-state index is 0.0700. The summed E-state index contributed by atoms with van der Waals surface area (Å²) in [6.45, 7) is 0.737. The van der Waals surface area contributed by atoms with E-state index in [9.17, 15) is 13.2 Å². The van der Waals surface area contributed by atoms with Crippen molar-refractivity contribution in [3.8, 4) is 0 Å². The van der Waals surface area contributed by atoms with E-state index in [0.29, 0.717) is 6.42 Å². The Hall–Kier alpha value is -2.08. The number of rotatable bonds is 3. The number of carbonyl (C=O) groups excluding carboxylic acids is 1. The Bertz CT molecular complexity index is 920. The molecule has 2 aromatic carbocycles. The van der Waals surface area contributed by atoms with Gasteiger partial charge < -0.3 is 10.2 Å². The maximum atomic E-state index is 12.7. The predicted molar refractivity (Wildman–Crippen MR) is 103 cm³/mol. The lowest BCUT2D eigenvalue weighted by molar-refractivity contribution is 0.189. The standard InChI is InChI=1S/C20H24N2O3S/c23-20(21-17-10-12-26(24,25)14-17)22-11-4-8-18(22)13-16-7-3-6-15-5-1-2-9-19(15)16/h1-3,5-7,9,17-18H,4,8,10-14H2,(H,21,23)/t17-,18+/m0/s1. The predicted octanol–water partition coefficient (Wildman–Crippen LogP) is 2.74. The molecule has 2 aliphatic rings. The molecule has 2 amide bonds. The molecule has 0 bridgehead atoms. The van der Waals surface area contributed by atoms with E-state index in [4.69, 9.17) is 0 Å². The van der Waals surface area contributed by atoms with Crippen molar-refractivity contribution < 1.29 is 13.2 Å². The Balaban J connectivity index is 1.47. The maximum absolute atomic E-state index is 12.7. The van der Waals surface area contributed by atoms with Crippen LogP contribution in [0.2, 0.25) is 0 Å². The highest BCUT2D eigenvalue weighted by molar-refractivity contribution is 7.91. The molecular formula is C20H24N2O3S. The van der Waals surface area contributed by atoms with Crippen molar-refractivity contribution in [2.24, 2.45) is 0 Å². The summed E-state index contributed by atoms with van der Waals surface area (Å²) in [6, 6.07) is 14.5. The number of amides is 2. The van der Waals surface area contributed by atoms with Crippen LogP contribution in [0.3, 0.4) is 0 Å². The molecule has 0 spiro atoms. The number of nitrogens with zero attached hydrogens (tertiary/aromatic N) is 1. The van der Waals surface area contributed by atoms with E-state index in [0.717, 1.165) is 25.8 Å². The molecule has 0 aliphatic carbocycles. The fourth-order valence-corrected chi connectivity index (χ4v) is 5.88. The number of sulfone groups is 1. The molecule has 26 heavy (non-hydrogen) atoms. The average molecular weight is 372 g/mol. The third-order valence-corrected chi connectivity index (χ3v) is 7.30. The molecular weight excluding hydrogens is 348 g/mol. The molecule has 0 aromatic heterocycles. The molecule has 5 nitrogen and oxygen atoms in total. The highest BCUT2D eigenvalue weighted by atomic mass is 32.2. The van der Waals surface area contributed by atoms with E-state index in [1.54, 1.807) is 0 Å². The van der Waals surface area contributed by atoms with Crippen LogP contribution in [-0.4, -0.2) is 49.5 Å². The molecule has 2 aliphatic heterocycles. The van der Waals surface area contributed by atoms with Crippen LogP contribution in [0.4, 0.5) is 4.79 Å². The SMILES string of the molecule is O=C(N[C@H]1CCS(=O)(=O)C1)N1CCC[C@@H]1Cc1cccc2ccccc12. The van der Waals surface area contributed by atoms with E-state index in [-0.39, 0.29) is 29.6 Å². The van der Waals surface area contributed by atoms with Crippen LogP contribution in [0.15, 0.2) is 42.5 Å². The van der Waals surface area contributed by atoms with Crippen LogP contribution < -0.4 is 5.32 Å². The molecule has 1 N–H and O–H groups in total. The number of nitrogens with one attached hydrogen (secondary N) is 1. The highest BCUT2D eigenvalue weighted by Gasteiger charge is 2.33. The fraction of sp³-hybridized carbons (Fsp3) is 0.450. The number of urea groups is 1. The fourth-order valence-electron chi connectivity index (χ4n) is 4.21. The number of benzene rings is 2. The van der Waals surface area contributed by atoms with Crippen LogP contribution in [0, 0.1) is 0 Å². The van der Waals surface area contributed by atoms with Crippen LogP contribution in [0.25, 0.3) is 10.8 Å². The van der Waals surface area contributed by atoms with Gasteiger partial charge in [0.25, 0.3) is 0 Å². The Morgan fingerprint density at radius 3 is 2.73 bits per heavy atom. The normalized spacial score (nSPS) is 24.8. The van der Waals surface area contributed by atoms with Gasteiger partial charge in [0, 0.05) is 18.6 Å². The average Bonchev–Trinajstić information content (AvgIpc) is 3.21. The molecule has 2 heterocycles. The topological polar surface area (TPSA) is 66.5 Å². The second-order valence-electron chi connectivity index (χ2n) is 7.38. The number of likely N-dealkylation sites (tertiary alicyclic amines) is 1. The van der Waals surface area contributed by atoms with E-state index in [1.807, 2.05) is 17.0 Å². The van der Waals surface area contributed by atoms with Gasteiger partial charge in [-0.15, -0.1) is 0 Å². The smallest absolute Gasteiger partial charge is 0.317 e. The number of hydrogen-bond donors (Lipinski definition) is 1. The summed E-state index contributed by atoms with van der Waals surface area (Å²) >= 11 is 0. The summed E-state index contributed by atoms with van der Waals surface area (Å²) < 4.78 is 23.2. The monoisotopic (exact) mass is 372 g/mol. The van der Waals surface area contributed by atoms with Gasteiger partial charge in [0.15, 0.2) is 9.84 Å². The quantitative estimate of drug-likeness (QED) is 0.901. The molecule has 2 saturated heterocycles. The van der Waals surface area contributed by atoms with Crippen molar-refractivity contribution in [2.45, 2.75) is 37.8 Å². The van der Waals surface area contributed by atoms with E-state index in [2.05, 4.69) is 35.6 Å². The molecule has 4 rings (SSSR count). The van der Waals surface area contributed by atoms with Crippen molar-refractivity contribution in [1.29, 1.82) is 0 Å². The van der Waals surface area contributed by atoms with Gasteiger partial charge in [-0.05, 0) is 42.0 Å². The number of carbonyl (C=O) groups is 1. The van der Waals surface area contributed by atoms with Gasteiger partial charge in [-0.3, -0.25) is 0 Å². The summed E-state index contributed by atoms with van der Waals surface area (Å²) in [5, 5.41) is 5.39. The summed E-state index contributed by atoms with van der Waals surface area (Å²) in [6.07, 6.45) is 3.33. The van der Waals surface area contributed by atoms with Gasteiger partial charge >= 0.3 is 6.03 Å². The Morgan fingerprint density at radius 1 is 1.12 bits per heavy atom. The van der Waals surface area contributed by atoms with Crippen LogP contribution >= 0.6 is 0 Å². The summed E-state index contributed by atoms with van der Waals surface area (Å²) in [5.41, 5.74) is 1.26. The minimum Gasteiger partial charge on any atom is -0.334 e. The van der Waals surface area contributed by atoms with Crippen molar-refractivity contribution >= 4 is 26.6 Å². The Kier molecular flexibility index (Phi) is 4.61. The zero-order chi connectivity index (χ0) is 18.1. The van der Waals surface area contributed by atoms with Gasteiger partial charge in [-0.25, -0.2) is 13.2 Å². The van der Waals surface area contributed by atoms with E-state index >= 15 is 0 Å². The molecule has 0 unspecified atom stereocenters. The third kappa shape index (κ3) is 3.56. The van der Waals surface area contributed by atoms with Crippen molar-refractivity contribution in [1.82, 2.24) is 10.2 Å². The first-order valence-corrected chi connectivity index (χ1v) is 11.1. The van der Waals surface area contributed by atoms with Gasteiger partial charge in [-0.2, -0.15) is 0 Å². The first-order chi connectivity index (χ1) is 12.5. The molecule has 0 saturated carbocycles. The highest BCUT2D eigenvalue weighted by Crippen LogP contribution is 2.26. The molecule has 2 aromatic rings. The molecule has 2 fully saturated rings. The van der Waals surface area contributed by atoms with Crippen LogP contribution in [-0.2, 0) is 16.3 Å². The maximum Gasteiger partial charge on any atom is 0.317 e. The van der Waals surface area contributed by atoms with Crippen molar-refractivity contribution in [3.63, 3.8) is 0 Å². The van der Waals surface area contributed by atoms with E-state index in [1.165, 1.54) is 16.3 Å². The first-order valence-electron chi connectivity index (χ1n) is 9.26. The van der Waals surface area contributed by atoms with Gasteiger partial charge in [-0.1, -0.05) is 42.5 Å². The second-order valence-corrected chi connectivity index (χ2v) is 9.61. The van der Waals surface area contributed by atoms with Crippen molar-refractivity contribution in [2.75, 3.05) is 18.1 Å². The van der Waals surface area contributed by atoms with Gasteiger partial charge in [0.2, 0.25) is 0 Å². The lowest BCUT2D eigenvalue weighted by atomic mass is 9.98. The molecule has 2 atom stereocenters. The van der Waals surface area contributed by atoms with Crippen LogP contribution in [0.5, 0.6) is 0 Å². The number of hydrogen-bond acceptors (Lipinski definition) is 3. The lowest BCUT2D eigenvalue weighted by Crippen LogP contribution is -2.47. The largest absolute Gasteiger partial charge is 0.334 e. The first kappa shape index (κ1) is 17.3.